The molecule has 0 aliphatic carbocycles. The summed E-state index contributed by atoms with van der Waals surface area (Å²) in [5, 5.41) is 13.2. The van der Waals surface area contributed by atoms with Crippen LogP contribution in [0.3, 0.4) is 0 Å². The molecule has 3 rings (SSSR count). The second-order valence-corrected chi connectivity index (χ2v) is 5.41. The first-order valence-corrected chi connectivity index (χ1v) is 7.16. The van der Waals surface area contributed by atoms with Crippen molar-refractivity contribution in [2.45, 2.75) is 32.0 Å². The van der Waals surface area contributed by atoms with Gasteiger partial charge >= 0.3 is 0 Å². The van der Waals surface area contributed by atoms with Gasteiger partial charge in [-0.2, -0.15) is 10.4 Å². The Kier molecular flexibility index (Phi) is 3.98. The molecule has 1 aliphatic heterocycles. The largest absolute Gasteiger partial charge is 0.294 e. The third-order valence-electron chi connectivity index (χ3n) is 4.00. The summed E-state index contributed by atoms with van der Waals surface area (Å²) >= 11 is 0. The number of likely N-dealkylation sites (tertiary alicyclic amines) is 1. The molecule has 2 heterocycles. The quantitative estimate of drug-likeness (QED) is 0.866. The van der Waals surface area contributed by atoms with Crippen LogP contribution in [-0.2, 0) is 13.1 Å². The molecular formula is C16H17FN4. The SMILES string of the molecule is N#Cc1ccc(F)c(CN2CCC[C@@H]2Cn2cccn2)c1. The van der Waals surface area contributed by atoms with Gasteiger partial charge in [-0.3, -0.25) is 9.58 Å². The maximum Gasteiger partial charge on any atom is 0.127 e. The minimum absolute atomic E-state index is 0.237. The number of hydrogen-bond donors (Lipinski definition) is 0. The number of aromatic nitrogens is 2. The van der Waals surface area contributed by atoms with E-state index >= 15 is 0 Å². The molecule has 2 aromatic rings. The normalized spacial score (nSPS) is 18.8. The highest BCUT2D eigenvalue weighted by molar-refractivity contribution is 5.33. The summed E-state index contributed by atoms with van der Waals surface area (Å²) in [6.45, 7) is 2.34. The van der Waals surface area contributed by atoms with Gasteiger partial charge in [0.25, 0.3) is 0 Å². The number of hydrogen-bond acceptors (Lipinski definition) is 3. The Morgan fingerprint density at radius 3 is 3.10 bits per heavy atom. The summed E-state index contributed by atoms with van der Waals surface area (Å²) in [4.78, 5) is 2.28. The Balaban J connectivity index is 1.73. The van der Waals surface area contributed by atoms with Crippen LogP contribution in [-0.4, -0.2) is 27.3 Å². The minimum atomic E-state index is -0.237. The summed E-state index contributed by atoms with van der Waals surface area (Å²) in [7, 11) is 0. The van der Waals surface area contributed by atoms with Gasteiger partial charge in [-0.25, -0.2) is 4.39 Å². The van der Waals surface area contributed by atoms with Crippen molar-refractivity contribution >= 4 is 0 Å². The Morgan fingerprint density at radius 1 is 1.43 bits per heavy atom. The number of benzene rings is 1. The molecule has 0 unspecified atom stereocenters. The van der Waals surface area contributed by atoms with E-state index in [0.29, 0.717) is 23.7 Å². The van der Waals surface area contributed by atoms with E-state index in [1.807, 2.05) is 16.9 Å². The first-order chi connectivity index (χ1) is 10.3. The first kappa shape index (κ1) is 13.8. The first-order valence-electron chi connectivity index (χ1n) is 7.16. The molecule has 0 amide bonds. The second-order valence-electron chi connectivity index (χ2n) is 5.41. The van der Waals surface area contributed by atoms with Crippen LogP contribution >= 0.6 is 0 Å². The van der Waals surface area contributed by atoms with Crippen LogP contribution in [0.25, 0.3) is 0 Å². The highest BCUT2D eigenvalue weighted by Crippen LogP contribution is 2.22. The Hall–Kier alpha value is -2.19. The lowest BCUT2D eigenvalue weighted by atomic mass is 10.1. The topological polar surface area (TPSA) is 44.9 Å². The molecule has 0 spiro atoms. The molecule has 1 aromatic carbocycles. The van der Waals surface area contributed by atoms with Gasteiger partial charge in [0.05, 0.1) is 18.2 Å². The fourth-order valence-corrected chi connectivity index (χ4v) is 2.92. The standard InChI is InChI=1S/C16H17FN4/c17-16-5-4-13(10-18)9-14(16)11-20-7-1-3-15(20)12-21-8-2-6-19-21/h2,4-6,8-9,15H,1,3,7,11-12H2/t15-/m1/s1. The smallest absolute Gasteiger partial charge is 0.127 e. The number of nitrogens with zero attached hydrogens (tertiary/aromatic N) is 4. The van der Waals surface area contributed by atoms with Crippen molar-refractivity contribution in [1.82, 2.24) is 14.7 Å². The third-order valence-corrected chi connectivity index (χ3v) is 4.00. The number of rotatable bonds is 4. The summed E-state index contributed by atoms with van der Waals surface area (Å²) in [6, 6.07) is 8.90. The molecular weight excluding hydrogens is 267 g/mol. The number of nitriles is 1. The minimum Gasteiger partial charge on any atom is -0.294 e. The zero-order valence-corrected chi connectivity index (χ0v) is 11.7. The predicted molar refractivity (Wildman–Crippen MR) is 76.8 cm³/mol. The van der Waals surface area contributed by atoms with Gasteiger partial charge in [0.15, 0.2) is 0 Å². The van der Waals surface area contributed by atoms with E-state index in [9.17, 15) is 4.39 Å². The Labute approximate surface area is 123 Å². The highest BCUT2D eigenvalue weighted by Gasteiger charge is 2.25. The molecule has 1 atom stereocenters. The van der Waals surface area contributed by atoms with E-state index in [4.69, 9.17) is 5.26 Å². The van der Waals surface area contributed by atoms with Crippen LogP contribution in [0, 0.1) is 17.1 Å². The maximum atomic E-state index is 13.9. The van der Waals surface area contributed by atoms with Crippen molar-refractivity contribution in [3.63, 3.8) is 0 Å². The lowest BCUT2D eigenvalue weighted by Gasteiger charge is -2.24. The van der Waals surface area contributed by atoms with Crippen LogP contribution < -0.4 is 0 Å². The van der Waals surface area contributed by atoms with Crippen LogP contribution in [0.1, 0.15) is 24.0 Å². The predicted octanol–water partition coefficient (Wildman–Crippen LogP) is 2.56. The summed E-state index contributed by atoms with van der Waals surface area (Å²) in [6.07, 6.45) is 5.94. The zero-order chi connectivity index (χ0) is 14.7. The van der Waals surface area contributed by atoms with Gasteiger partial charge in [-0.05, 0) is 43.7 Å². The Bertz CT molecular complexity index is 645. The molecule has 1 aromatic heterocycles. The van der Waals surface area contributed by atoms with Gasteiger partial charge in [-0.1, -0.05) is 0 Å². The summed E-state index contributed by atoms with van der Waals surface area (Å²) in [5.74, 6) is -0.237. The summed E-state index contributed by atoms with van der Waals surface area (Å²) in [5.41, 5.74) is 1.11. The average Bonchev–Trinajstić information content (AvgIpc) is 3.14. The second kappa shape index (κ2) is 6.06. The lowest BCUT2D eigenvalue weighted by molar-refractivity contribution is 0.216. The molecule has 4 nitrogen and oxygen atoms in total. The molecule has 1 aliphatic rings. The van der Waals surface area contributed by atoms with E-state index in [1.165, 1.54) is 12.1 Å². The van der Waals surface area contributed by atoms with E-state index in [0.717, 1.165) is 25.9 Å². The molecule has 21 heavy (non-hydrogen) atoms. The van der Waals surface area contributed by atoms with Crippen molar-refractivity contribution in [3.05, 3.63) is 53.6 Å². The van der Waals surface area contributed by atoms with Gasteiger partial charge < -0.3 is 0 Å². The van der Waals surface area contributed by atoms with Crippen molar-refractivity contribution in [2.24, 2.45) is 0 Å². The van der Waals surface area contributed by atoms with E-state index < -0.39 is 0 Å². The van der Waals surface area contributed by atoms with Crippen LogP contribution in [0.5, 0.6) is 0 Å². The molecule has 1 fully saturated rings. The highest BCUT2D eigenvalue weighted by atomic mass is 19.1. The van der Waals surface area contributed by atoms with Gasteiger partial charge in [0, 0.05) is 30.5 Å². The van der Waals surface area contributed by atoms with Crippen molar-refractivity contribution in [3.8, 4) is 6.07 Å². The zero-order valence-electron chi connectivity index (χ0n) is 11.7. The van der Waals surface area contributed by atoms with E-state index in [-0.39, 0.29) is 5.82 Å². The van der Waals surface area contributed by atoms with Gasteiger partial charge in [0.1, 0.15) is 5.82 Å². The van der Waals surface area contributed by atoms with E-state index in [1.54, 1.807) is 12.3 Å². The number of halogens is 1. The summed E-state index contributed by atoms with van der Waals surface area (Å²) < 4.78 is 15.8. The van der Waals surface area contributed by atoms with Crippen LogP contribution in [0.2, 0.25) is 0 Å². The molecule has 0 N–H and O–H groups in total. The average molecular weight is 284 g/mol. The van der Waals surface area contributed by atoms with E-state index in [2.05, 4.69) is 16.1 Å². The van der Waals surface area contributed by atoms with Crippen LogP contribution in [0.15, 0.2) is 36.7 Å². The molecule has 0 radical (unpaired) electrons. The molecule has 0 bridgehead atoms. The monoisotopic (exact) mass is 284 g/mol. The molecule has 108 valence electrons. The van der Waals surface area contributed by atoms with Crippen molar-refractivity contribution < 1.29 is 4.39 Å². The van der Waals surface area contributed by atoms with Gasteiger partial charge in [-0.15, -0.1) is 0 Å². The molecule has 5 heteroatoms. The fraction of sp³-hybridized carbons (Fsp3) is 0.375. The van der Waals surface area contributed by atoms with Crippen molar-refractivity contribution in [2.75, 3.05) is 6.54 Å². The third kappa shape index (κ3) is 3.11. The molecule has 1 saturated heterocycles. The Morgan fingerprint density at radius 2 is 2.33 bits per heavy atom. The lowest BCUT2D eigenvalue weighted by Crippen LogP contribution is -2.33. The molecule has 0 saturated carbocycles. The maximum absolute atomic E-state index is 13.9. The van der Waals surface area contributed by atoms with Crippen LogP contribution in [0.4, 0.5) is 4.39 Å². The van der Waals surface area contributed by atoms with Crippen molar-refractivity contribution in [1.29, 1.82) is 5.26 Å². The van der Waals surface area contributed by atoms with Gasteiger partial charge in [0.2, 0.25) is 0 Å². The fourth-order valence-electron chi connectivity index (χ4n) is 2.92.